The van der Waals surface area contributed by atoms with Crippen LogP contribution in [0.1, 0.15) is 58.7 Å². The topological polar surface area (TPSA) is 67.2 Å². The summed E-state index contributed by atoms with van der Waals surface area (Å²) in [5.41, 5.74) is 2.54. The fraction of sp³-hybridized carbons (Fsp3) is 0.571. The number of aromatic nitrogens is 4. The third-order valence-corrected chi connectivity index (χ3v) is 12.3. The normalized spacial score (nSPS) is 17.7. The zero-order chi connectivity index (χ0) is 27.4. The molecule has 0 aliphatic carbocycles. The van der Waals surface area contributed by atoms with Crippen LogP contribution in [0.15, 0.2) is 23.1 Å². The summed E-state index contributed by atoms with van der Waals surface area (Å²) in [6.45, 7) is 17.2. The summed E-state index contributed by atoms with van der Waals surface area (Å²) in [5, 5.41) is 0.574. The quantitative estimate of drug-likeness (QED) is 0.400. The Hall–Kier alpha value is -2.07. The van der Waals surface area contributed by atoms with Crippen LogP contribution in [-0.2, 0) is 0 Å². The SMILES string of the molecule is Cc1ccnc(C(C)C)c1-n1c(=O)nc(N2CCN(C(C)(C)C)C[C@@H]2C)c2cc(F)[c]([Sn]([CH3])([CH3])[CH3])nc21. The van der Waals surface area contributed by atoms with Gasteiger partial charge in [-0.1, -0.05) is 0 Å². The molecular formula is C28H41FN6OSn. The van der Waals surface area contributed by atoms with Crippen molar-refractivity contribution in [2.75, 3.05) is 24.5 Å². The number of hydrogen-bond donors (Lipinski definition) is 0. The predicted molar refractivity (Wildman–Crippen MR) is 153 cm³/mol. The number of aryl methyl sites for hydroxylation is 1. The molecule has 3 aromatic rings. The van der Waals surface area contributed by atoms with Crippen molar-refractivity contribution in [3.8, 4) is 5.69 Å². The number of pyridine rings is 2. The van der Waals surface area contributed by atoms with E-state index < -0.39 is 24.1 Å². The number of anilines is 1. The van der Waals surface area contributed by atoms with Gasteiger partial charge in [-0.15, -0.1) is 0 Å². The second kappa shape index (κ2) is 9.91. The molecule has 0 radical (unpaired) electrons. The van der Waals surface area contributed by atoms with Gasteiger partial charge >= 0.3 is 225 Å². The summed E-state index contributed by atoms with van der Waals surface area (Å²) < 4.78 is 17.7. The van der Waals surface area contributed by atoms with Gasteiger partial charge in [0, 0.05) is 0 Å². The molecule has 0 bridgehead atoms. The molecule has 0 N–H and O–H groups in total. The second-order valence-corrected chi connectivity index (χ2v) is 26.9. The van der Waals surface area contributed by atoms with Crippen LogP contribution in [0.25, 0.3) is 16.7 Å². The molecule has 4 rings (SSSR count). The Balaban J connectivity index is 2.03. The van der Waals surface area contributed by atoms with Crippen molar-refractivity contribution < 1.29 is 4.39 Å². The molecule has 7 nitrogen and oxygen atoms in total. The van der Waals surface area contributed by atoms with Gasteiger partial charge in [-0.2, -0.15) is 0 Å². The first-order valence-corrected chi connectivity index (χ1v) is 23.2. The zero-order valence-corrected chi connectivity index (χ0v) is 26.8. The summed E-state index contributed by atoms with van der Waals surface area (Å²) in [6, 6.07) is 3.57. The summed E-state index contributed by atoms with van der Waals surface area (Å²) in [6.07, 6.45) is 1.77. The first-order chi connectivity index (χ1) is 17.1. The third-order valence-electron chi connectivity index (χ3n) is 7.28. The van der Waals surface area contributed by atoms with Crippen molar-refractivity contribution in [2.24, 2.45) is 0 Å². The molecule has 1 atom stereocenters. The van der Waals surface area contributed by atoms with Crippen LogP contribution >= 0.6 is 0 Å². The summed E-state index contributed by atoms with van der Waals surface area (Å²) in [5.74, 6) is 0.313. The average Bonchev–Trinajstić information content (AvgIpc) is 2.77. The molecule has 1 aliphatic heterocycles. The van der Waals surface area contributed by atoms with E-state index in [2.05, 4.69) is 76.1 Å². The standard InChI is InChI=1S/C25H32FN6O.3CH3.Sn/c1-15(2)20-21(16(3)8-9-27-20)32-22-19(12-18(26)13-28-22)23(29-24(32)33)31-11-10-30(14-17(31)4)25(5,6)7;;;;/h8-9,12,15,17H,10-11,14H2,1-7H3;3*1H3;/t17-;;;;/m0..../s1. The van der Waals surface area contributed by atoms with Crippen molar-refractivity contribution in [2.45, 2.75) is 80.8 Å². The first kappa shape index (κ1) is 27.9. The molecular weight excluding hydrogens is 574 g/mol. The minimum absolute atomic E-state index is 0.0482. The molecule has 4 heterocycles. The van der Waals surface area contributed by atoms with Gasteiger partial charge in [0.15, 0.2) is 0 Å². The molecule has 200 valence electrons. The van der Waals surface area contributed by atoms with Crippen LogP contribution in [0, 0.1) is 12.7 Å². The van der Waals surface area contributed by atoms with E-state index in [9.17, 15) is 4.79 Å². The van der Waals surface area contributed by atoms with Gasteiger partial charge in [-0.25, -0.2) is 0 Å². The first-order valence-electron chi connectivity index (χ1n) is 13.2. The third kappa shape index (κ3) is 5.28. The van der Waals surface area contributed by atoms with E-state index in [1.54, 1.807) is 16.8 Å². The number of fused-ring (bicyclic) bond motifs is 1. The number of halogens is 1. The Kier molecular flexibility index (Phi) is 7.49. The van der Waals surface area contributed by atoms with Gasteiger partial charge in [-0.3, -0.25) is 0 Å². The van der Waals surface area contributed by atoms with E-state index in [4.69, 9.17) is 4.98 Å². The molecule has 1 saturated heterocycles. The Bertz CT molecular complexity index is 1390. The van der Waals surface area contributed by atoms with Crippen LogP contribution in [0.5, 0.6) is 0 Å². The van der Waals surface area contributed by atoms with Crippen molar-refractivity contribution in [1.29, 1.82) is 0 Å². The number of piperazine rings is 1. The van der Waals surface area contributed by atoms with Gasteiger partial charge in [0.1, 0.15) is 0 Å². The van der Waals surface area contributed by atoms with Crippen LogP contribution in [0.4, 0.5) is 10.2 Å². The van der Waals surface area contributed by atoms with E-state index in [-0.39, 0.29) is 23.3 Å². The second-order valence-electron chi connectivity index (χ2n) is 12.7. The summed E-state index contributed by atoms with van der Waals surface area (Å²) in [4.78, 5) is 39.0. The molecule has 37 heavy (non-hydrogen) atoms. The minimum atomic E-state index is -2.96. The number of hydrogen-bond acceptors (Lipinski definition) is 6. The van der Waals surface area contributed by atoms with Crippen LogP contribution in [0.2, 0.25) is 14.8 Å². The molecule has 0 amide bonds. The van der Waals surface area contributed by atoms with E-state index in [0.29, 0.717) is 32.8 Å². The molecule has 0 spiro atoms. The van der Waals surface area contributed by atoms with Crippen LogP contribution < -0.4 is 14.3 Å². The zero-order valence-electron chi connectivity index (χ0n) is 24.0. The molecule has 1 aliphatic rings. The van der Waals surface area contributed by atoms with E-state index >= 15 is 4.39 Å². The molecule has 0 unspecified atom stereocenters. The fourth-order valence-electron chi connectivity index (χ4n) is 5.22. The van der Waals surface area contributed by atoms with Gasteiger partial charge < -0.3 is 0 Å². The molecule has 1 fully saturated rings. The Morgan fingerprint density at radius 1 is 1.14 bits per heavy atom. The van der Waals surface area contributed by atoms with Crippen molar-refractivity contribution >= 4 is 38.9 Å². The Morgan fingerprint density at radius 3 is 2.38 bits per heavy atom. The van der Waals surface area contributed by atoms with E-state index in [1.807, 2.05) is 13.0 Å². The van der Waals surface area contributed by atoms with Gasteiger partial charge in [0.2, 0.25) is 0 Å². The molecule has 3 aromatic heterocycles. The number of rotatable bonds is 4. The Labute approximate surface area is 224 Å². The molecule has 0 saturated carbocycles. The monoisotopic (exact) mass is 616 g/mol. The summed E-state index contributed by atoms with van der Waals surface area (Å²) >= 11 is -2.96. The van der Waals surface area contributed by atoms with Crippen LogP contribution in [-0.4, -0.2) is 74.0 Å². The van der Waals surface area contributed by atoms with Crippen molar-refractivity contribution in [3.63, 3.8) is 0 Å². The summed E-state index contributed by atoms with van der Waals surface area (Å²) in [7, 11) is 0. The Morgan fingerprint density at radius 2 is 1.81 bits per heavy atom. The van der Waals surface area contributed by atoms with Crippen molar-refractivity contribution in [3.05, 3.63) is 45.9 Å². The fourth-order valence-corrected chi connectivity index (χ4v) is 8.73. The van der Waals surface area contributed by atoms with Crippen LogP contribution in [0.3, 0.4) is 0 Å². The maximum absolute atomic E-state index is 15.6. The maximum atomic E-state index is 15.6. The van der Waals surface area contributed by atoms with Gasteiger partial charge in [-0.05, 0) is 0 Å². The van der Waals surface area contributed by atoms with E-state index in [1.165, 1.54) is 0 Å². The van der Waals surface area contributed by atoms with Gasteiger partial charge in [0.25, 0.3) is 0 Å². The predicted octanol–water partition coefficient (Wildman–Crippen LogP) is 4.60. The average molecular weight is 615 g/mol. The van der Waals surface area contributed by atoms with Crippen molar-refractivity contribution in [1.82, 2.24) is 24.4 Å². The molecule has 9 heteroatoms. The van der Waals surface area contributed by atoms with Gasteiger partial charge in [0.05, 0.1) is 0 Å². The number of nitrogens with zero attached hydrogens (tertiary/aromatic N) is 6. The van der Waals surface area contributed by atoms with E-state index in [0.717, 1.165) is 24.3 Å². The molecule has 0 aromatic carbocycles.